The molecule has 0 spiro atoms. The molecule has 2 aliphatic heterocycles. The minimum absolute atomic E-state index is 0.0382. The largest absolute Gasteiger partial charge is 0.363 e. The molecule has 5 rings (SSSR count). The van der Waals surface area contributed by atoms with Crippen molar-refractivity contribution in [2.24, 2.45) is 5.92 Å². The molecule has 1 unspecified atom stereocenters. The van der Waals surface area contributed by atoms with Gasteiger partial charge in [-0.3, -0.25) is 9.48 Å². The van der Waals surface area contributed by atoms with Crippen molar-refractivity contribution < 1.29 is 9.53 Å². The molecule has 1 saturated carbocycles. The van der Waals surface area contributed by atoms with Crippen LogP contribution in [0, 0.1) is 5.92 Å². The molecule has 0 N–H and O–H groups in total. The third kappa shape index (κ3) is 3.03. The first-order chi connectivity index (χ1) is 12.8. The third-order valence-corrected chi connectivity index (χ3v) is 5.81. The van der Waals surface area contributed by atoms with Crippen LogP contribution in [-0.4, -0.2) is 38.4 Å². The number of ether oxygens (including phenoxy) is 1. The van der Waals surface area contributed by atoms with Gasteiger partial charge in [-0.1, -0.05) is 29.5 Å². The molecule has 26 heavy (non-hydrogen) atoms. The molecule has 1 aromatic heterocycles. The highest BCUT2D eigenvalue weighted by Crippen LogP contribution is 2.34. The van der Waals surface area contributed by atoms with Gasteiger partial charge in [0.15, 0.2) is 0 Å². The Labute approximate surface area is 153 Å². The van der Waals surface area contributed by atoms with Crippen molar-refractivity contribution in [3.8, 4) is 0 Å². The van der Waals surface area contributed by atoms with E-state index in [2.05, 4.69) is 22.4 Å². The topological polar surface area (TPSA) is 60.2 Å². The molecule has 3 aliphatic rings. The Morgan fingerprint density at radius 2 is 2.04 bits per heavy atom. The van der Waals surface area contributed by atoms with Gasteiger partial charge in [0.2, 0.25) is 0 Å². The van der Waals surface area contributed by atoms with Crippen LogP contribution < -0.4 is 0 Å². The second kappa shape index (κ2) is 6.50. The van der Waals surface area contributed by atoms with Crippen molar-refractivity contribution in [3.63, 3.8) is 0 Å². The molecular formula is C20H24N4O2. The van der Waals surface area contributed by atoms with Crippen molar-refractivity contribution in [2.45, 2.75) is 57.4 Å². The van der Waals surface area contributed by atoms with Crippen molar-refractivity contribution in [2.75, 3.05) is 6.54 Å². The fourth-order valence-corrected chi connectivity index (χ4v) is 4.15. The van der Waals surface area contributed by atoms with E-state index in [4.69, 9.17) is 4.74 Å². The molecule has 3 heterocycles. The number of nitrogens with zero attached hydrogens (tertiary/aromatic N) is 4. The van der Waals surface area contributed by atoms with Crippen LogP contribution in [0.15, 0.2) is 30.5 Å². The Kier molecular flexibility index (Phi) is 4.00. The van der Waals surface area contributed by atoms with Gasteiger partial charge in [-0.05, 0) is 42.7 Å². The first kappa shape index (κ1) is 16.0. The van der Waals surface area contributed by atoms with Crippen LogP contribution in [0.4, 0.5) is 0 Å². The maximum Gasteiger partial charge on any atom is 0.252 e. The van der Waals surface area contributed by atoms with Gasteiger partial charge in [-0.15, -0.1) is 5.10 Å². The molecule has 2 aromatic rings. The van der Waals surface area contributed by atoms with Gasteiger partial charge in [-0.2, -0.15) is 0 Å². The van der Waals surface area contributed by atoms with Crippen LogP contribution in [-0.2, 0) is 29.1 Å². The summed E-state index contributed by atoms with van der Waals surface area (Å²) in [6.45, 7) is 2.25. The van der Waals surface area contributed by atoms with E-state index in [1.54, 1.807) is 0 Å². The third-order valence-electron chi connectivity index (χ3n) is 5.81. The molecule has 136 valence electrons. The lowest BCUT2D eigenvalue weighted by molar-refractivity contribution is -0.146. The second-order valence-corrected chi connectivity index (χ2v) is 7.77. The monoisotopic (exact) mass is 352 g/mol. The summed E-state index contributed by atoms with van der Waals surface area (Å²) in [5.74, 6) is 0.861. The van der Waals surface area contributed by atoms with Gasteiger partial charge in [0.05, 0.1) is 18.8 Å². The molecule has 1 aliphatic carbocycles. The number of likely N-dealkylation sites (tertiary alicyclic amines) is 1. The van der Waals surface area contributed by atoms with Gasteiger partial charge < -0.3 is 9.64 Å². The maximum atomic E-state index is 13.1. The molecule has 1 aromatic carbocycles. The Morgan fingerprint density at radius 1 is 1.19 bits per heavy atom. The van der Waals surface area contributed by atoms with Gasteiger partial charge in [0.1, 0.15) is 11.8 Å². The Balaban J connectivity index is 1.30. The van der Waals surface area contributed by atoms with Crippen LogP contribution in [0.2, 0.25) is 0 Å². The van der Waals surface area contributed by atoms with E-state index in [0.29, 0.717) is 13.0 Å². The van der Waals surface area contributed by atoms with Gasteiger partial charge in [-0.25, -0.2) is 0 Å². The Bertz CT molecular complexity index is 814. The molecule has 1 amide bonds. The summed E-state index contributed by atoms with van der Waals surface area (Å²) >= 11 is 0. The lowest BCUT2D eigenvalue weighted by Gasteiger charge is -2.30. The lowest BCUT2D eigenvalue weighted by Crippen LogP contribution is -2.42. The molecule has 0 radical (unpaired) electrons. The number of carbonyl (C=O) groups is 1. The van der Waals surface area contributed by atoms with Crippen LogP contribution in [0.1, 0.15) is 48.5 Å². The quantitative estimate of drug-likeness (QED) is 0.848. The zero-order valence-electron chi connectivity index (χ0n) is 14.9. The highest BCUT2D eigenvalue weighted by Gasteiger charge is 2.37. The van der Waals surface area contributed by atoms with E-state index < -0.39 is 0 Å². The van der Waals surface area contributed by atoms with E-state index in [1.807, 2.05) is 27.9 Å². The summed E-state index contributed by atoms with van der Waals surface area (Å²) < 4.78 is 7.84. The zero-order valence-corrected chi connectivity index (χ0v) is 14.9. The molecule has 1 saturated heterocycles. The van der Waals surface area contributed by atoms with E-state index >= 15 is 0 Å². The normalized spacial score (nSPS) is 25.3. The molecule has 0 bridgehead atoms. The summed E-state index contributed by atoms with van der Waals surface area (Å²) in [4.78, 5) is 15.1. The summed E-state index contributed by atoms with van der Waals surface area (Å²) in [6.07, 6.45) is 6.87. The zero-order chi connectivity index (χ0) is 17.5. The number of aromatic nitrogens is 3. The number of rotatable bonds is 4. The van der Waals surface area contributed by atoms with Crippen LogP contribution in [0.5, 0.6) is 0 Å². The standard InChI is InChI=1S/C20H24N4O2/c25-20(19-10-15-4-1-2-5-16(15)13-26-19)24-9-3-6-18(24)17-12-23(22-21-17)11-14-7-8-14/h1-2,4-5,12,14,18-19H,3,6-11,13H2/t18?,19-/m0/s1. The van der Waals surface area contributed by atoms with E-state index in [9.17, 15) is 4.79 Å². The summed E-state index contributed by atoms with van der Waals surface area (Å²) in [7, 11) is 0. The summed E-state index contributed by atoms with van der Waals surface area (Å²) in [5.41, 5.74) is 3.34. The highest BCUT2D eigenvalue weighted by molar-refractivity contribution is 5.82. The predicted octanol–water partition coefficient (Wildman–Crippen LogP) is 2.49. The molecule has 6 nitrogen and oxygen atoms in total. The van der Waals surface area contributed by atoms with Crippen LogP contribution in [0.25, 0.3) is 0 Å². The number of amides is 1. The van der Waals surface area contributed by atoms with Crippen molar-refractivity contribution in [1.29, 1.82) is 0 Å². The SMILES string of the molecule is O=C([C@@H]1Cc2ccccc2CO1)N1CCCC1c1cn(CC2CC2)nn1. The van der Waals surface area contributed by atoms with Crippen molar-refractivity contribution in [3.05, 3.63) is 47.3 Å². The fourth-order valence-electron chi connectivity index (χ4n) is 4.15. The fraction of sp³-hybridized carbons (Fsp3) is 0.550. The van der Waals surface area contributed by atoms with Crippen LogP contribution >= 0.6 is 0 Å². The predicted molar refractivity (Wildman–Crippen MR) is 95.2 cm³/mol. The maximum absolute atomic E-state index is 13.1. The average Bonchev–Trinajstić information content (AvgIpc) is 3.16. The molecular weight excluding hydrogens is 328 g/mol. The van der Waals surface area contributed by atoms with Gasteiger partial charge >= 0.3 is 0 Å². The van der Waals surface area contributed by atoms with Crippen LogP contribution in [0.3, 0.4) is 0 Å². The van der Waals surface area contributed by atoms with Crippen molar-refractivity contribution in [1.82, 2.24) is 19.9 Å². The summed E-state index contributed by atoms with van der Waals surface area (Å²) in [5, 5.41) is 8.65. The number of carbonyl (C=O) groups excluding carboxylic acids is 1. The Morgan fingerprint density at radius 3 is 2.88 bits per heavy atom. The molecule has 6 heteroatoms. The smallest absolute Gasteiger partial charge is 0.252 e. The molecule has 2 fully saturated rings. The number of hydrogen-bond acceptors (Lipinski definition) is 4. The highest BCUT2D eigenvalue weighted by atomic mass is 16.5. The summed E-state index contributed by atoms with van der Waals surface area (Å²) in [6, 6.07) is 8.26. The second-order valence-electron chi connectivity index (χ2n) is 7.77. The average molecular weight is 352 g/mol. The van der Waals surface area contributed by atoms with Crippen molar-refractivity contribution >= 4 is 5.91 Å². The lowest BCUT2D eigenvalue weighted by atomic mass is 9.98. The number of benzene rings is 1. The Hall–Kier alpha value is -2.21. The molecule has 2 atom stereocenters. The minimum Gasteiger partial charge on any atom is -0.363 e. The first-order valence-electron chi connectivity index (χ1n) is 9.67. The van der Waals surface area contributed by atoms with E-state index in [0.717, 1.165) is 37.5 Å². The van der Waals surface area contributed by atoms with Gasteiger partial charge in [0, 0.05) is 19.5 Å². The van der Waals surface area contributed by atoms with Gasteiger partial charge in [0.25, 0.3) is 5.91 Å². The first-order valence-corrected chi connectivity index (χ1v) is 9.67. The minimum atomic E-state index is -0.382. The van der Waals surface area contributed by atoms with E-state index in [1.165, 1.54) is 24.0 Å². The number of hydrogen-bond donors (Lipinski definition) is 0. The number of fused-ring (bicyclic) bond motifs is 1. The van der Waals surface area contributed by atoms with E-state index in [-0.39, 0.29) is 18.1 Å².